The van der Waals surface area contributed by atoms with Gasteiger partial charge in [-0.05, 0) is 79.3 Å². The summed E-state index contributed by atoms with van der Waals surface area (Å²) in [6.07, 6.45) is 9.78. The molecule has 1 saturated heterocycles. The largest absolute Gasteiger partial charge is 0.476 e. The number of amides is 1. The molecule has 6 aromatic rings. The molecule has 0 bridgehead atoms. The first-order valence-corrected chi connectivity index (χ1v) is 19.1. The number of halogens is 2. The van der Waals surface area contributed by atoms with E-state index in [0.717, 1.165) is 41.5 Å². The highest BCUT2D eigenvalue weighted by Crippen LogP contribution is 2.28. The number of carbonyl (C=O) groups excluding carboxylic acids is 1. The second-order valence-electron chi connectivity index (χ2n) is 12.7. The van der Waals surface area contributed by atoms with Gasteiger partial charge in [-0.3, -0.25) is 14.8 Å². The van der Waals surface area contributed by atoms with Crippen LogP contribution < -0.4 is 10.6 Å². The molecule has 2 aliphatic rings. The highest BCUT2D eigenvalue weighted by molar-refractivity contribution is 7.17. The lowest BCUT2D eigenvalue weighted by Gasteiger charge is -2.17. The van der Waals surface area contributed by atoms with Gasteiger partial charge in [0, 0.05) is 31.3 Å². The molecule has 2 fully saturated rings. The van der Waals surface area contributed by atoms with E-state index >= 15 is 0 Å². The summed E-state index contributed by atoms with van der Waals surface area (Å²) in [5.74, 6) is -0.611. The second kappa shape index (κ2) is 17.5. The van der Waals surface area contributed by atoms with Gasteiger partial charge in [0.25, 0.3) is 5.91 Å². The average Bonchev–Trinajstić information content (AvgIpc) is 4.01. The van der Waals surface area contributed by atoms with E-state index in [1.165, 1.54) is 27.6 Å². The molecule has 276 valence electrons. The molecule has 12 nitrogen and oxygen atoms in total. The first-order valence-electron chi connectivity index (χ1n) is 17.3. The maximum atomic E-state index is 13.5. The van der Waals surface area contributed by atoms with Crippen molar-refractivity contribution in [2.24, 2.45) is 0 Å². The van der Waals surface area contributed by atoms with Crippen LogP contribution >= 0.6 is 22.7 Å². The number of fused-ring (bicyclic) bond motifs is 2. The van der Waals surface area contributed by atoms with Crippen LogP contribution in [-0.2, 0) is 0 Å². The van der Waals surface area contributed by atoms with Gasteiger partial charge in [0.1, 0.15) is 12.3 Å². The predicted molar refractivity (Wildman–Crippen MR) is 203 cm³/mol. The van der Waals surface area contributed by atoms with Crippen LogP contribution in [0.3, 0.4) is 0 Å². The Balaban J connectivity index is 0.000000159. The van der Waals surface area contributed by atoms with Crippen LogP contribution in [0.25, 0.3) is 20.4 Å². The van der Waals surface area contributed by atoms with E-state index in [0.29, 0.717) is 46.3 Å². The normalized spacial score (nSPS) is 16.7. The molecule has 1 aliphatic heterocycles. The Kier molecular flexibility index (Phi) is 12.4. The van der Waals surface area contributed by atoms with Crippen LogP contribution in [-0.4, -0.2) is 77.2 Å². The van der Waals surface area contributed by atoms with Crippen molar-refractivity contribution in [3.63, 3.8) is 0 Å². The summed E-state index contributed by atoms with van der Waals surface area (Å²) < 4.78 is 26.7. The molecule has 1 amide bonds. The molecule has 3 atom stereocenters. The molecule has 7 heterocycles. The maximum absolute atomic E-state index is 13.5. The van der Waals surface area contributed by atoms with Crippen molar-refractivity contribution < 1.29 is 23.5 Å². The molecular weight excluding hydrogens is 721 g/mol. The van der Waals surface area contributed by atoms with Gasteiger partial charge >= 0.3 is 5.97 Å². The minimum atomic E-state index is -1.05. The summed E-state index contributed by atoms with van der Waals surface area (Å²) in [6, 6.07) is 11.1. The van der Waals surface area contributed by atoms with Gasteiger partial charge in [-0.25, -0.2) is 33.5 Å². The van der Waals surface area contributed by atoms with Crippen LogP contribution in [0.15, 0.2) is 71.9 Å². The van der Waals surface area contributed by atoms with E-state index in [9.17, 15) is 23.5 Å². The Morgan fingerprint density at radius 2 is 1.30 bits per heavy atom. The number of hydrogen-bond donors (Lipinski definition) is 3. The van der Waals surface area contributed by atoms with Crippen LogP contribution in [0.2, 0.25) is 0 Å². The molecule has 1 saturated carbocycles. The van der Waals surface area contributed by atoms with E-state index < -0.39 is 18.3 Å². The molecule has 0 aromatic carbocycles. The van der Waals surface area contributed by atoms with Crippen molar-refractivity contribution in [1.82, 2.24) is 34.8 Å². The number of nitrogens with zero attached hydrogens (tertiary/aromatic N) is 7. The third kappa shape index (κ3) is 9.61. The lowest BCUT2D eigenvalue weighted by atomic mass is 10.1. The van der Waals surface area contributed by atoms with Gasteiger partial charge in [0.2, 0.25) is 11.9 Å². The molecule has 53 heavy (non-hydrogen) atoms. The molecular formula is C37H39F2N9O3S2. The Morgan fingerprint density at radius 1 is 0.774 bits per heavy atom. The number of thiophene rings is 2. The molecule has 0 radical (unpaired) electrons. The van der Waals surface area contributed by atoms with E-state index in [-0.39, 0.29) is 30.2 Å². The van der Waals surface area contributed by atoms with Crippen LogP contribution in [0.1, 0.15) is 90.1 Å². The van der Waals surface area contributed by atoms with Crippen LogP contribution in [0.5, 0.6) is 0 Å². The Morgan fingerprint density at radius 3 is 1.74 bits per heavy atom. The summed E-state index contributed by atoms with van der Waals surface area (Å²) in [5.41, 5.74) is 3.67. The number of alkyl halides is 2. The van der Waals surface area contributed by atoms with Gasteiger partial charge < -0.3 is 20.6 Å². The van der Waals surface area contributed by atoms with Gasteiger partial charge in [-0.15, -0.1) is 22.7 Å². The monoisotopic (exact) mass is 759 g/mol. The number of carboxylic acid groups (broad SMARTS) is 1. The van der Waals surface area contributed by atoms with Crippen LogP contribution in [0.4, 0.5) is 20.7 Å². The molecule has 0 unspecified atom stereocenters. The van der Waals surface area contributed by atoms with E-state index in [1.54, 1.807) is 36.2 Å². The number of nitrogens with one attached hydrogen (secondary N) is 2. The summed E-state index contributed by atoms with van der Waals surface area (Å²) in [5, 5.41) is 19.3. The van der Waals surface area contributed by atoms with Gasteiger partial charge in [-0.2, -0.15) is 0 Å². The molecule has 6 aromatic heterocycles. The fraction of sp³-hybridized carbons (Fsp3) is 0.351. The van der Waals surface area contributed by atoms with Crippen molar-refractivity contribution in [2.45, 2.75) is 70.4 Å². The Labute approximate surface area is 312 Å². The molecule has 8 rings (SSSR count). The van der Waals surface area contributed by atoms with Gasteiger partial charge in [0.05, 0.1) is 39.1 Å². The summed E-state index contributed by atoms with van der Waals surface area (Å²) in [4.78, 5) is 51.3. The minimum absolute atomic E-state index is 0.0240. The maximum Gasteiger partial charge on any atom is 0.356 e. The fourth-order valence-electron chi connectivity index (χ4n) is 5.89. The number of carbonyl (C=O) groups is 2. The standard InChI is InChI=1S/C18H18FN5OS.C14H12N4O2S.C5H9F/c1-11(12-3-2-6-20-9-12)21-18-22-14-5-8-26-16(14)15(23-18)17(25)24-7-4-13(19)10-24;1-8(9-3-2-5-15-7-9)16-14-17-10-4-6-21-12(10)11(18-14)13(19)20;6-5-3-1-2-4-5/h2-3,5-6,8-9,11,13H,4,7,10H2,1H3,(H,21,22,23);2-8H,1H3,(H,19,20)(H,16,17,18);5H,1-4H2/t11-,13+;8-;/m00./s1. The molecule has 0 spiro atoms. The molecule has 16 heteroatoms. The number of hydrogen-bond acceptors (Lipinski definition) is 12. The SMILES string of the molecule is C[C@H](Nc1nc(C(=O)N2CC[C@@H](F)C2)c2sccc2n1)c1cccnc1.C[C@H](Nc1nc(C(=O)O)c2sccc2n1)c1cccnc1.FC1CCCC1. The number of carboxylic acids is 1. The summed E-state index contributed by atoms with van der Waals surface area (Å²) in [7, 11) is 0. The Bertz CT molecular complexity index is 2130. The minimum Gasteiger partial charge on any atom is -0.476 e. The van der Waals surface area contributed by atoms with Crippen LogP contribution in [0, 0.1) is 0 Å². The smallest absolute Gasteiger partial charge is 0.356 e. The van der Waals surface area contributed by atoms with Crippen molar-refractivity contribution in [3.05, 3.63) is 94.5 Å². The van der Waals surface area contributed by atoms with E-state index in [4.69, 9.17) is 0 Å². The third-order valence-electron chi connectivity index (χ3n) is 8.78. The van der Waals surface area contributed by atoms with Crippen molar-refractivity contribution in [1.29, 1.82) is 0 Å². The molecule has 1 aliphatic carbocycles. The van der Waals surface area contributed by atoms with E-state index in [2.05, 4.69) is 40.5 Å². The summed E-state index contributed by atoms with van der Waals surface area (Å²) in [6.45, 7) is 4.47. The zero-order chi connectivity index (χ0) is 37.3. The quantitative estimate of drug-likeness (QED) is 0.137. The van der Waals surface area contributed by atoms with Crippen molar-refractivity contribution >= 4 is 66.9 Å². The predicted octanol–water partition coefficient (Wildman–Crippen LogP) is 8.30. The lowest BCUT2D eigenvalue weighted by molar-refractivity contribution is 0.0692. The number of anilines is 2. The number of pyridine rings is 2. The highest BCUT2D eigenvalue weighted by atomic mass is 32.1. The number of likely N-dealkylation sites (tertiary alicyclic amines) is 1. The number of aromatic carboxylic acids is 1. The van der Waals surface area contributed by atoms with E-state index in [1.807, 2.05) is 49.6 Å². The van der Waals surface area contributed by atoms with Gasteiger partial charge in [-0.1, -0.05) is 25.0 Å². The lowest BCUT2D eigenvalue weighted by Crippen LogP contribution is -2.30. The van der Waals surface area contributed by atoms with Crippen molar-refractivity contribution in [3.8, 4) is 0 Å². The molecule has 3 N–H and O–H groups in total. The van der Waals surface area contributed by atoms with Crippen molar-refractivity contribution in [2.75, 3.05) is 23.7 Å². The average molecular weight is 760 g/mol. The van der Waals surface area contributed by atoms with Gasteiger partial charge in [0.15, 0.2) is 11.4 Å². The Hall–Kier alpha value is -5.22. The second-order valence-corrected chi connectivity index (χ2v) is 14.5. The third-order valence-corrected chi connectivity index (χ3v) is 10.6. The highest BCUT2D eigenvalue weighted by Gasteiger charge is 2.29. The first-order chi connectivity index (χ1) is 25.7. The topological polar surface area (TPSA) is 159 Å². The zero-order valence-corrected chi connectivity index (χ0v) is 30.8. The first kappa shape index (κ1) is 37.5. The summed E-state index contributed by atoms with van der Waals surface area (Å²) >= 11 is 2.74. The number of aromatic nitrogens is 6. The number of rotatable bonds is 8. The zero-order valence-electron chi connectivity index (χ0n) is 29.2. The fourth-order valence-corrected chi connectivity index (χ4v) is 7.52.